The van der Waals surface area contributed by atoms with Crippen LogP contribution in [0.4, 0.5) is 5.69 Å². The lowest BCUT2D eigenvalue weighted by Crippen LogP contribution is -2.48. The molecular weight excluding hydrogens is 340 g/mol. The van der Waals surface area contributed by atoms with Crippen LogP contribution in [0, 0.1) is 5.92 Å². The molecule has 27 heavy (non-hydrogen) atoms. The highest BCUT2D eigenvalue weighted by Gasteiger charge is 2.28. The van der Waals surface area contributed by atoms with Crippen molar-refractivity contribution in [2.75, 3.05) is 50.7 Å². The van der Waals surface area contributed by atoms with E-state index < -0.39 is 0 Å². The van der Waals surface area contributed by atoms with Gasteiger partial charge in [0.15, 0.2) is 0 Å². The Bertz CT molecular complexity index is 661. The Balaban J connectivity index is 1.29. The van der Waals surface area contributed by atoms with Crippen molar-refractivity contribution >= 4 is 17.5 Å². The van der Waals surface area contributed by atoms with E-state index in [1.807, 2.05) is 0 Å². The molecule has 0 saturated carbocycles. The zero-order chi connectivity index (χ0) is 18.6. The molecule has 0 aliphatic carbocycles. The van der Waals surface area contributed by atoms with E-state index in [1.54, 1.807) is 0 Å². The Kier molecular flexibility index (Phi) is 5.74. The topological polar surface area (TPSA) is 64.7 Å². The summed E-state index contributed by atoms with van der Waals surface area (Å²) >= 11 is 0. The molecule has 146 valence electrons. The van der Waals surface area contributed by atoms with Gasteiger partial charge in [-0.15, -0.1) is 0 Å². The first-order valence-electron chi connectivity index (χ1n) is 10.3. The fraction of sp³-hybridized carbons (Fsp3) is 0.619. The molecule has 0 bridgehead atoms. The molecule has 6 heteroatoms. The fourth-order valence-corrected chi connectivity index (χ4v) is 4.55. The molecular formula is C21H30N4O2. The number of piperidine rings is 2. The second kappa shape index (κ2) is 8.40. The van der Waals surface area contributed by atoms with Crippen LogP contribution in [-0.4, -0.2) is 62.5 Å². The monoisotopic (exact) mass is 370 g/mol. The lowest BCUT2D eigenvalue weighted by Gasteiger charge is -2.38. The van der Waals surface area contributed by atoms with E-state index in [1.165, 1.54) is 38.2 Å². The molecule has 3 fully saturated rings. The first-order valence-corrected chi connectivity index (χ1v) is 10.3. The molecule has 4 rings (SSSR count). The van der Waals surface area contributed by atoms with Crippen LogP contribution in [-0.2, 0) is 9.59 Å². The predicted octanol–water partition coefficient (Wildman–Crippen LogP) is 1.33. The molecule has 0 aromatic heterocycles. The summed E-state index contributed by atoms with van der Waals surface area (Å²) in [5.41, 5.74) is 2.24. The summed E-state index contributed by atoms with van der Waals surface area (Å²) in [5.74, 6) is 0.338. The summed E-state index contributed by atoms with van der Waals surface area (Å²) < 4.78 is 0. The van der Waals surface area contributed by atoms with Crippen molar-refractivity contribution < 1.29 is 9.59 Å². The average molecular weight is 370 g/mol. The summed E-state index contributed by atoms with van der Waals surface area (Å²) in [4.78, 5) is 28.4. The Hall–Kier alpha value is -1.92. The highest BCUT2D eigenvalue weighted by atomic mass is 16.2. The van der Waals surface area contributed by atoms with E-state index >= 15 is 0 Å². The van der Waals surface area contributed by atoms with Gasteiger partial charge in [0.1, 0.15) is 0 Å². The maximum Gasteiger partial charge on any atom is 0.234 e. The number of imide groups is 1. The maximum atomic E-state index is 12.0. The first kappa shape index (κ1) is 18.4. The smallest absolute Gasteiger partial charge is 0.234 e. The number of carbonyl (C=O) groups is 2. The van der Waals surface area contributed by atoms with Gasteiger partial charge < -0.3 is 10.2 Å². The quantitative estimate of drug-likeness (QED) is 0.783. The molecule has 1 atom stereocenters. The first-order chi connectivity index (χ1) is 13.2. The number of carbonyl (C=O) groups excluding carboxylic acids is 2. The van der Waals surface area contributed by atoms with Crippen LogP contribution < -0.4 is 15.5 Å². The van der Waals surface area contributed by atoms with Gasteiger partial charge in [-0.1, -0.05) is 12.1 Å². The van der Waals surface area contributed by atoms with Crippen molar-refractivity contribution in [3.8, 4) is 0 Å². The third-order valence-corrected chi connectivity index (χ3v) is 6.25. The molecule has 6 nitrogen and oxygen atoms in total. The molecule has 3 saturated heterocycles. The SMILES string of the molecule is O=C1CCC(c2ccc(N3CCN(CC4CCNCC4)CC3)cc2)C(=O)N1. The largest absolute Gasteiger partial charge is 0.369 e. The summed E-state index contributed by atoms with van der Waals surface area (Å²) in [6.07, 6.45) is 3.65. The number of nitrogens with zero attached hydrogens (tertiary/aromatic N) is 2. The summed E-state index contributed by atoms with van der Waals surface area (Å²) in [7, 11) is 0. The summed E-state index contributed by atoms with van der Waals surface area (Å²) in [5, 5.41) is 5.89. The highest BCUT2D eigenvalue weighted by molar-refractivity contribution is 6.00. The zero-order valence-corrected chi connectivity index (χ0v) is 16.0. The number of anilines is 1. The second-order valence-electron chi connectivity index (χ2n) is 8.08. The molecule has 3 aliphatic heterocycles. The molecule has 2 N–H and O–H groups in total. The van der Waals surface area contributed by atoms with E-state index in [9.17, 15) is 9.59 Å². The number of piperazine rings is 1. The maximum absolute atomic E-state index is 12.0. The number of benzene rings is 1. The van der Waals surface area contributed by atoms with E-state index in [0.717, 1.165) is 37.7 Å². The van der Waals surface area contributed by atoms with Crippen LogP contribution in [0.3, 0.4) is 0 Å². The van der Waals surface area contributed by atoms with Gasteiger partial charge in [-0.2, -0.15) is 0 Å². The standard InChI is InChI=1S/C21H30N4O2/c26-20-6-5-19(21(27)23-20)17-1-3-18(4-2-17)25-13-11-24(12-14-25)15-16-7-9-22-10-8-16/h1-4,16,19,22H,5-15H2,(H,23,26,27). The van der Waals surface area contributed by atoms with Crippen LogP contribution in [0.2, 0.25) is 0 Å². The van der Waals surface area contributed by atoms with Gasteiger partial charge >= 0.3 is 0 Å². The number of amides is 2. The third-order valence-electron chi connectivity index (χ3n) is 6.25. The van der Waals surface area contributed by atoms with Crippen LogP contribution >= 0.6 is 0 Å². The van der Waals surface area contributed by atoms with E-state index in [-0.39, 0.29) is 17.7 Å². The van der Waals surface area contributed by atoms with E-state index in [2.05, 4.69) is 44.7 Å². The van der Waals surface area contributed by atoms with Gasteiger partial charge in [-0.3, -0.25) is 19.8 Å². The number of nitrogens with one attached hydrogen (secondary N) is 2. The number of rotatable bonds is 4. The van der Waals surface area contributed by atoms with Crippen LogP contribution in [0.5, 0.6) is 0 Å². The molecule has 0 spiro atoms. The average Bonchev–Trinajstić information content (AvgIpc) is 2.70. The summed E-state index contributed by atoms with van der Waals surface area (Å²) in [6, 6.07) is 8.36. The van der Waals surface area contributed by atoms with Crippen LogP contribution in [0.15, 0.2) is 24.3 Å². The zero-order valence-electron chi connectivity index (χ0n) is 16.0. The minimum Gasteiger partial charge on any atom is -0.369 e. The van der Waals surface area contributed by atoms with Crippen molar-refractivity contribution in [1.29, 1.82) is 0 Å². The molecule has 0 radical (unpaired) electrons. The number of hydrogen-bond donors (Lipinski definition) is 2. The van der Waals surface area contributed by atoms with Crippen molar-refractivity contribution in [3.63, 3.8) is 0 Å². The van der Waals surface area contributed by atoms with Crippen molar-refractivity contribution in [2.45, 2.75) is 31.6 Å². The molecule has 1 aromatic rings. The summed E-state index contributed by atoms with van der Waals surface area (Å²) in [6.45, 7) is 7.95. The van der Waals surface area contributed by atoms with Gasteiger partial charge in [0.2, 0.25) is 11.8 Å². The van der Waals surface area contributed by atoms with Crippen molar-refractivity contribution in [2.24, 2.45) is 5.92 Å². The van der Waals surface area contributed by atoms with E-state index in [4.69, 9.17) is 0 Å². The third kappa shape index (κ3) is 4.50. The second-order valence-corrected chi connectivity index (χ2v) is 8.08. The minimum absolute atomic E-state index is 0.157. The van der Waals surface area contributed by atoms with Crippen molar-refractivity contribution in [1.82, 2.24) is 15.5 Å². The molecule has 1 aromatic carbocycles. The Morgan fingerprint density at radius 1 is 0.926 bits per heavy atom. The molecule has 2 amide bonds. The van der Waals surface area contributed by atoms with Gasteiger partial charge in [0.25, 0.3) is 0 Å². The van der Waals surface area contributed by atoms with Gasteiger partial charge in [-0.25, -0.2) is 0 Å². The highest BCUT2D eigenvalue weighted by Crippen LogP contribution is 2.27. The van der Waals surface area contributed by atoms with Gasteiger partial charge in [-0.05, 0) is 56.0 Å². The van der Waals surface area contributed by atoms with Crippen LogP contribution in [0.25, 0.3) is 0 Å². The van der Waals surface area contributed by atoms with Crippen LogP contribution in [0.1, 0.15) is 37.2 Å². The fourth-order valence-electron chi connectivity index (χ4n) is 4.55. The Labute approximate surface area is 161 Å². The normalized spacial score (nSPS) is 25.5. The van der Waals surface area contributed by atoms with Gasteiger partial charge in [0.05, 0.1) is 5.92 Å². The van der Waals surface area contributed by atoms with Crippen molar-refractivity contribution in [3.05, 3.63) is 29.8 Å². The van der Waals surface area contributed by atoms with E-state index in [0.29, 0.717) is 12.8 Å². The Morgan fingerprint density at radius 3 is 2.30 bits per heavy atom. The molecule has 1 unspecified atom stereocenters. The molecule has 3 aliphatic rings. The van der Waals surface area contributed by atoms with Gasteiger partial charge in [0, 0.05) is 44.8 Å². The number of hydrogen-bond acceptors (Lipinski definition) is 5. The Morgan fingerprint density at radius 2 is 1.63 bits per heavy atom. The minimum atomic E-state index is -0.196. The lowest BCUT2D eigenvalue weighted by molar-refractivity contribution is -0.134. The lowest BCUT2D eigenvalue weighted by atomic mass is 9.90. The predicted molar refractivity (Wildman–Crippen MR) is 106 cm³/mol. The molecule has 3 heterocycles.